The Morgan fingerprint density at radius 1 is 1.03 bits per heavy atom. The largest absolute Gasteiger partial charge is 0.493 e. The van der Waals surface area contributed by atoms with E-state index in [0.717, 1.165) is 46.9 Å². The van der Waals surface area contributed by atoms with Crippen molar-refractivity contribution in [1.29, 1.82) is 0 Å². The topological polar surface area (TPSA) is 71.6 Å². The average Bonchev–Trinajstić information content (AvgIpc) is 3.62. The van der Waals surface area contributed by atoms with Crippen LogP contribution in [0.15, 0.2) is 41.2 Å². The fourth-order valence-electron chi connectivity index (χ4n) is 4.62. The van der Waals surface area contributed by atoms with Crippen LogP contribution in [0, 0.1) is 12.8 Å². The third kappa shape index (κ3) is 3.36. The highest BCUT2D eigenvalue weighted by atomic mass is 16.5. The number of carbonyl (C=O) groups is 1. The summed E-state index contributed by atoms with van der Waals surface area (Å²) in [5, 5.41) is 0.951. The number of benzene rings is 2. The third-order valence-corrected chi connectivity index (χ3v) is 6.41. The van der Waals surface area contributed by atoms with Crippen LogP contribution >= 0.6 is 0 Å². The summed E-state index contributed by atoms with van der Waals surface area (Å²) in [4.78, 5) is 31.4. The molecule has 3 aromatic rings. The number of H-pyrrole nitrogens is 1. The van der Waals surface area contributed by atoms with Gasteiger partial charge in [-0.25, -0.2) is 0 Å². The molecule has 2 heterocycles. The molecule has 5 rings (SSSR count). The van der Waals surface area contributed by atoms with Gasteiger partial charge >= 0.3 is 0 Å². The summed E-state index contributed by atoms with van der Waals surface area (Å²) in [6, 6.07) is 11.4. The summed E-state index contributed by atoms with van der Waals surface area (Å²) in [7, 11) is 3.21. The van der Waals surface area contributed by atoms with E-state index in [2.05, 4.69) is 4.98 Å². The molecular weight excluding hydrogens is 392 g/mol. The molecule has 160 valence electrons. The molecule has 0 radical (unpaired) electrons. The number of hydrogen-bond acceptors (Lipinski definition) is 4. The van der Waals surface area contributed by atoms with Crippen LogP contribution in [0.5, 0.6) is 11.5 Å². The van der Waals surface area contributed by atoms with Crippen molar-refractivity contribution in [3.8, 4) is 11.5 Å². The molecule has 1 aliphatic heterocycles. The van der Waals surface area contributed by atoms with Gasteiger partial charge in [-0.1, -0.05) is 12.1 Å². The Balaban J connectivity index is 1.72. The molecule has 0 saturated heterocycles. The molecule has 0 unspecified atom stereocenters. The zero-order valence-corrected chi connectivity index (χ0v) is 18.0. The van der Waals surface area contributed by atoms with Gasteiger partial charge in [0.25, 0.3) is 5.56 Å². The van der Waals surface area contributed by atoms with Gasteiger partial charge in [0.2, 0.25) is 5.91 Å². The van der Waals surface area contributed by atoms with E-state index in [1.165, 1.54) is 0 Å². The molecule has 1 saturated carbocycles. The lowest BCUT2D eigenvalue weighted by Gasteiger charge is -2.38. The number of aromatic amines is 1. The van der Waals surface area contributed by atoms with E-state index >= 15 is 0 Å². The lowest BCUT2D eigenvalue weighted by atomic mass is 9.87. The maximum Gasteiger partial charge on any atom is 0.254 e. The zero-order chi connectivity index (χ0) is 21.7. The summed E-state index contributed by atoms with van der Waals surface area (Å²) in [5.74, 6) is 1.46. The Kier molecular flexibility index (Phi) is 4.73. The van der Waals surface area contributed by atoms with Gasteiger partial charge in [0, 0.05) is 23.5 Å². The first kappa shape index (κ1) is 19.7. The summed E-state index contributed by atoms with van der Waals surface area (Å²) in [5.41, 5.74) is 4.30. The molecule has 1 aromatic heterocycles. The number of fused-ring (bicyclic) bond motifs is 2. The number of nitrogens with one attached hydrogen (secondary N) is 1. The predicted molar refractivity (Wildman–Crippen MR) is 119 cm³/mol. The molecule has 6 heteroatoms. The molecule has 1 fully saturated rings. The number of carbonyl (C=O) groups excluding carboxylic acids is 1. The van der Waals surface area contributed by atoms with Crippen molar-refractivity contribution in [2.24, 2.45) is 5.92 Å². The molecule has 1 aliphatic carbocycles. The number of pyridine rings is 1. The molecule has 2 aromatic carbocycles. The van der Waals surface area contributed by atoms with Gasteiger partial charge < -0.3 is 19.4 Å². The highest BCUT2D eigenvalue weighted by Gasteiger charge is 2.40. The van der Waals surface area contributed by atoms with Crippen molar-refractivity contribution < 1.29 is 14.3 Å². The lowest BCUT2D eigenvalue weighted by Crippen LogP contribution is -2.43. The van der Waals surface area contributed by atoms with Crippen molar-refractivity contribution in [1.82, 2.24) is 9.88 Å². The monoisotopic (exact) mass is 418 g/mol. The molecule has 1 N–H and O–H groups in total. The molecule has 6 nitrogen and oxygen atoms in total. The molecule has 31 heavy (non-hydrogen) atoms. The fraction of sp³-hybridized carbons (Fsp3) is 0.360. The van der Waals surface area contributed by atoms with Crippen molar-refractivity contribution >= 4 is 16.8 Å². The quantitative estimate of drug-likeness (QED) is 0.701. The molecule has 2 aliphatic rings. The lowest BCUT2D eigenvalue weighted by molar-refractivity contribution is -0.134. The Morgan fingerprint density at radius 2 is 1.77 bits per heavy atom. The van der Waals surface area contributed by atoms with E-state index < -0.39 is 6.04 Å². The maximum atomic E-state index is 13.2. The van der Waals surface area contributed by atoms with Gasteiger partial charge in [0.1, 0.15) is 0 Å². The molecular formula is C25H26N2O4. The first-order chi connectivity index (χ1) is 15.0. The van der Waals surface area contributed by atoms with Crippen LogP contribution in [0.4, 0.5) is 0 Å². The highest BCUT2D eigenvalue weighted by molar-refractivity contribution is 5.83. The number of aryl methyl sites for hydroxylation is 1. The highest BCUT2D eigenvalue weighted by Crippen LogP contribution is 2.43. The molecule has 0 bridgehead atoms. The standard InChI is InChI=1S/C25H26N2O4/c1-14-4-5-17-11-19(24(28)26-20(17)10-14)23-18-13-22(31-3)21(30-2)12-16(18)8-9-27(23)25(29)15-6-7-15/h4-5,10-13,15,23H,6-9H2,1-3H3,(H,26,28)/t23-/m0/s1. The van der Waals surface area contributed by atoms with Gasteiger partial charge in [-0.05, 0) is 72.5 Å². The van der Waals surface area contributed by atoms with Crippen molar-refractivity contribution in [2.45, 2.75) is 32.2 Å². The van der Waals surface area contributed by atoms with Crippen LogP contribution in [0.1, 0.15) is 41.1 Å². The van der Waals surface area contributed by atoms with Crippen LogP contribution < -0.4 is 15.0 Å². The van der Waals surface area contributed by atoms with Gasteiger partial charge in [-0.2, -0.15) is 0 Å². The number of ether oxygens (including phenoxy) is 2. The number of amides is 1. The number of aromatic nitrogens is 1. The SMILES string of the molecule is COc1cc2c(cc1OC)[C@@H](c1cc3ccc(C)cc3[nH]c1=O)N(C(=O)C1CC1)CC2. The summed E-state index contributed by atoms with van der Waals surface area (Å²) < 4.78 is 11.0. The van der Waals surface area contributed by atoms with E-state index in [0.29, 0.717) is 23.6 Å². The number of rotatable bonds is 4. The van der Waals surface area contributed by atoms with Crippen molar-refractivity contribution in [2.75, 3.05) is 20.8 Å². The van der Waals surface area contributed by atoms with E-state index in [4.69, 9.17) is 9.47 Å². The second-order valence-corrected chi connectivity index (χ2v) is 8.51. The summed E-state index contributed by atoms with van der Waals surface area (Å²) in [6.07, 6.45) is 2.57. The van der Waals surface area contributed by atoms with E-state index in [1.54, 1.807) is 14.2 Å². The maximum absolute atomic E-state index is 13.2. The fourth-order valence-corrected chi connectivity index (χ4v) is 4.62. The van der Waals surface area contributed by atoms with Crippen LogP contribution in [0.25, 0.3) is 10.9 Å². The summed E-state index contributed by atoms with van der Waals surface area (Å²) >= 11 is 0. The van der Waals surface area contributed by atoms with Crippen molar-refractivity contribution in [3.63, 3.8) is 0 Å². The molecule has 1 amide bonds. The Morgan fingerprint density at radius 3 is 2.48 bits per heavy atom. The van der Waals surface area contributed by atoms with E-state index in [9.17, 15) is 9.59 Å². The van der Waals surface area contributed by atoms with Crippen LogP contribution in [0.2, 0.25) is 0 Å². The van der Waals surface area contributed by atoms with E-state index in [1.807, 2.05) is 48.2 Å². The first-order valence-corrected chi connectivity index (χ1v) is 10.7. The van der Waals surface area contributed by atoms with Crippen LogP contribution in [-0.2, 0) is 11.2 Å². The molecule has 0 spiro atoms. The van der Waals surface area contributed by atoms with Gasteiger partial charge in [-0.3, -0.25) is 9.59 Å². The van der Waals surface area contributed by atoms with Gasteiger partial charge in [-0.15, -0.1) is 0 Å². The van der Waals surface area contributed by atoms with Gasteiger partial charge in [0.15, 0.2) is 11.5 Å². The second-order valence-electron chi connectivity index (χ2n) is 8.51. The van der Waals surface area contributed by atoms with E-state index in [-0.39, 0.29) is 17.4 Å². The smallest absolute Gasteiger partial charge is 0.254 e. The van der Waals surface area contributed by atoms with Crippen molar-refractivity contribution in [3.05, 3.63) is 69.0 Å². The Bertz CT molecular complexity index is 1240. The van der Waals surface area contributed by atoms with Crippen LogP contribution in [0.3, 0.4) is 0 Å². The minimum Gasteiger partial charge on any atom is -0.493 e. The Labute approximate surface area is 180 Å². The average molecular weight is 418 g/mol. The minimum atomic E-state index is -0.453. The molecule has 1 atom stereocenters. The third-order valence-electron chi connectivity index (χ3n) is 6.41. The Hall–Kier alpha value is -3.28. The second kappa shape index (κ2) is 7.45. The number of nitrogens with zero attached hydrogens (tertiary/aromatic N) is 1. The van der Waals surface area contributed by atoms with Crippen LogP contribution in [-0.4, -0.2) is 36.6 Å². The predicted octanol–water partition coefficient (Wildman–Crippen LogP) is 3.74. The number of hydrogen-bond donors (Lipinski definition) is 1. The van der Waals surface area contributed by atoms with Gasteiger partial charge in [0.05, 0.1) is 20.3 Å². The number of methoxy groups -OCH3 is 2. The zero-order valence-electron chi connectivity index (χ0n) is 18.0. The minimum absolute atomic E-state index is 0.0754. The first-order valence-electron chi connectivity index (χ1n) is 10.7. The normalized spacial score (nSPS) is 18.0. The summed E-state index contributed by atoms with van der Waals surface area (Å²) in [6.45, 7) is 2.58.